The van der Waals surface area contributed by atoms with E-state index in [9.17, 15) is 0 Å². The Labute approximate surface area is 147 Å². The molecular weight excluding hydrogens is 294 g/mol. The Morgan fingerprint density at radius 3 is 2.17 bits per heavy atom. The van der Waals surface area contributed by atoms with Gasteiger partial charge in [-0.15, -0.1) is 0 Å². The van der Waals surface area contributed by atoms with Gasteiger partial charge in [0.2, 0.25) is 0 Å². The van der Waals surface area contributed by atoms with E-state index in [-0.39, 0.29) is 5.54 Å². The first-order chi connectivity index (χ1) is 11.2. The predicted octanol–water partition coefficient (Wildman–Crippen LogP) is 5.57. The lowest BCUT2D eigenvalue weighted by Gasteiger charge is -2.33. The molecule has 0 saturated carbocycles. The number of nitrogens with one attached hydrogen (secondary N) is 1. The van der Waals surface area contributed by atoms with Crippen LogP contribution in [0.1, 0.15) is 52.2 Å². The molecule has 0 atom stereocenters. The van der Waals surface area contributed by atoms with E-state index in [0.717, 1.165) is 18.7 Å². The van der Waals surface area contributed by atoms with Gasteiger partial charge in [-0.1, -0.05) is 63.2 Å². The minimum Gasteiger partial charge on any atom is -0.489 e. The first kappa shape index (κ1) is 18.5. The Morgan fingerprint density at radius 2 is 1.50 bits per heavy atom. The Balaban J connectivity index is 1.90. The summed E-state index contributed by atoms with van der Waals surface area (Å²) < 4.78 is 5.92. The van der Waals surface area contributed by atoms with Crippen LogP contribution in [0.25, 0.3) is 0 Å². The van der Waals surface area contributed by atoms with Crippen LogP contribution in [0.3, 0.4) is 0 Å². The first-order valence-corrected chi connectivity index (χ1v) is 8.74. The average molecular weight is 325 g/mol. The maximum absolute atomic E-state index is 5.92. The zero-order valence-electron chi connectivity index (χ0n) is 15.7. The van der Waals surface area contributed by atoms with E-state index in [2.05, 4.69) is 70.3 Å². The van der Waals surface area contributed by atoms with Crippen LogP contribution in [0.15, 0.2) is 54.6 Å². The summed E-state index contributed by atoms with van der Waals surface area (Å²) in [5.41, 5.74) is 2.87. The van der Waals surface area contributed by atoms with Gasteiger partial charge < -0.3 is 10.1 Å². The molecule has 0 spiro atoms. The SMILES string of the molecule is CC(C)(C)CC(C)(C)NCc1cccc(OCc2ccccc2)c1. The van der Waals surface area contributed by atoms with Crippen LogP contribution in [-0.2, 0) is 13.2 Å². The van der Waals surface area contributed by atoms with Crippen LogP contribution in [-0.4, -0.2) is 5.54 Å². The van der Waals surface area contributed by atoms with Crippen molar-refractivity contribution in [3.05, 3.63) is 65.7 Å². The molecule has 0 unspecified atom stereocenters. The molecule has 2 aromatic carbocycles. The summed E-state index contributed by atoms with van der Waals surface area (Å²) in [4.78, 5) is 0. The molecule has 2 rings (SSSR count). The maximum atomic E-state index is 5.92. The smallest absolute Gasteiger partial charge is 0.120 e. The van der Waals surface area contributed by atoms with E-state index in [1.807, 2.05) is 24.3 Å². The molecule has 0 aromatic heterocycles. The van der Waals surface area contributed by atoms with Crippen LogP contribution < -0.4 is 10.1 Å². The van der Waals surface area contributed by atoms with Crippen LogP contribution in [0.2, 0.25) is 0 Å². The van der Waals surface area contributed by atoms with Gasteiger partial charge in [0.15, 0.2) is 0 Å². The molecule has 2 heteroatoms. The zero-order chi connectivity index (χ0) is 17.6. The minimum absolute atomic E-state index is 0.110. The van der Waals surface area contributed by atoms with Crippen LogP contribution >= 0.6 is 0 Å². The molecule has 2 nitrogen and oxygen atoms in total. The van der Waals surface area contributed by atoms with Crippen LogP contribution in [0.5, 0.6) is 5.75 Å². The second kappa shape index (κ2) is 7.85. The molecular formula is C22H31NO. The monoisotopic (exact) mass is 325 g/mol. The van der Waals surface area contributed by atoms with Gasteiger partial charge in [-0.3, -0.25) is 0 Å². The lowest BCUT2D eigenvalue weighted by Crippen LogP contribution is -2.41. The molecule has 0 radical (unpaired) electrons. The van der Waals surface area contributed by atoms with E-state index in [1.54, 1.807) is 0 Å². The first-order valence-electron chi connectivity index (χ1n) is 8.74. The Bertz CT molecular complexity index is 626. The van der Waals surface area contributed by atoms with Crippen LogP contribution in [0, 0.1) is 5.41 Å². The second-order valence-electron chi connectivity index (χ2n) is 8.40. The van der Waals surface area contributed by atoms with Crippen molar-refractivity contribution in [2.24, 2.45) is 5.41 Å². The van der Waals surface area contributed by atoms with Crippen molar-refractivity contribution in [3.63, 3.8) is 0 Å². The normalized spacial score (nSPS) is 12.2. The number of hydrogen-bond acceptors (Lipinski definition) is 2. The van der Waals surface area contributed by atoms with Gasteiger partial charge in [-0.05, 0) is 48.9 Å². The highest BCUT2D eigenvalue weighted by molar-refractivity contribution is 5.29. The second-order valence-corrected chi connectivity index (χ2v) is 8.40. The highest BCUT2D eigenvalue weighted by Crippen LogP contribution is 2.27. The third kappa shape index (κ3) is 6.76. The largest absolute Gasteiger partial charge is 0.489 e. The number of rotatable bonds is 7. The Morgan fingerprint density at radius 1 is 0.833 bits per heavy atom. The van der Waals surface area contributed by atoms with Crippen molar-refractivity contribution >= 4 is 0 Å². The van der Waals surface area contributed by atoms with Gasteiger partial charge in [0.1, 0.15) is 12.4 Å². The van der Waals surface area contributed by atoms with Gasteiger partial charge in [-0.2, -0.15) is 0 Å². The van der Waals surface area contributed by atoms with Crippen molar-refractivity contribution in [2.45, 2.75) is 59.7 Å². The quantitative estimate of drug-likeness (QED) is 0.718. The molecule has 2 aromatic rings. The molecule has 0 aliphatic carbocycles. The van der Waals surface area contributed by atoms with Crippen molar-refractivity contribution in [1.82, 2.24) is 5.32 Å². The summed E-state index contributed by atoms with van der Waals surface area (Å²) in [5.74, 6) is 0.923. The van der Waals surface area contributed by atoms with Crippen molar-refractivity contribution in [2.75, 3.05) is 0 Å². The van der Waals surface area contributed by atoms with Gasteiger partial charge >= 0.3 is 0 Å². The molecule has 0 bridgehead atoms. The fourth-order valence-corrected chi connectivity index (χ4v) is 3.22. The third-order valence-electron chi connectivity index (χ3n) is 3.89. The summed E-state index contributed by atoms with van der Waals surface area (Å²) in [7, 11) is 0. The summed E-state index contributed by atoms with van der Waals surface area (Å²) in [5, 5.41) is 3.68. The van der Waals surface area contributed by atoms with Crippen molar-refractivity contribution in [1.29, 1.82) is 0 Å². The molecule has 1 N–H and O–H groups in total. The molecule has 0 saturated heterocycles. The van der Waals surface area contributed by atoms with Gasteiger partial charge in [0.25, 0.3) is 0 Å². The third-order valence-corrected chi connectivity index (χ3v) is 3.89. The summed E-state index contributed by atoms with van der Waals surface area (Å²) in [6, 6.07) is 18.6. The van der Waals surface area contributed by atoms with Gasteiger partial charge in [0, 0.05) is 12.1 Å². The van der Waals surface area contributed by atoms with E-state index in [4.69, 9.17) is 4.74 Å². The van der Waals surface area contributed by atoms with Crippen LogP contribution in [0.4, 0.5) is 0 Å². The molecule has 0 aliphatic rings. The molecule has 0 heterocycles. The summed E-state index contributed by atoms with van der Waals surface area (Å²) in [6.07, 6.45) is 1.13. The van der Waals surface area contributed by atoms with E-state index >= 15 is 0 Å². The highest BCUT2D eigenvalue weighted by Gasteiger charge is 2.24. The lowest BCUT2D eigenvalue weighted by atomic mass is 9.82. The molecule has 0 amide bonds. The van der Waals surface area contributed by atoms with Gasteiger partial charge in [0.05, 0.1) is 0 Å². The van der Waals surface area contributed by atoms with E-state index < -0.39 is 0 Å². The summed E-state index contributed by atoms with van der Waals surface area (Å²) in [6.45, 7) is 12.9. The topological polar surface area (TPSA) is 21.3 Å². The Kier molecular flexibility index (Phi) is 6.06. The fourth-order valence-electron chi connectivity index (χ4n) is 3.22. The maximum Gasteiger partial charge on any atom is 0.120 e. The average Bonchev–Trinajstić information content (AvgIpc) is 2.50. The highest BCUT2D eigenvalue weighted by atomic mass is 16.5. The number of hydrogen-bond donors (Lipinski definition) is 1. The summed E-state index contributed by atoms with van der Waals surface area (Å²) >= 11 is 0. The van der Waals surface area contributed by atoms with Crippen molar-refractivity contribution in [3.8, 4) is 5.75 Å². The van der Waals surface area contributed by atoms with E-state index in [0.29, 0.717) is 12.0 Å². The molecule has 0 aliphatic heterocycles. The predicted molar refractivity (Wildman–Crippen MR) is 102 cm³/mol. The standard InChI is InChI=1S/C22H31NO/c1-21(2,3)17-22(4,5)23-15-19-12-9-13-20(14-19)24-16-18-10-7-6-8-11-18/h6-14,23H,15-17H2,1-5H3. The molecule has 24 heavy (non-hydrogen) atoms. The molecule has 0 fully saturated rings. The molecule has 130 valence electrons. The Hall–Kier alpha value is -1.80. The van der Waals surface area contributed by atoms with E-state index in [1.165, 1.54) is 11.1 Å². The zero-order valence-corrected chi connectivity index (χ0v) is 15.7. The number of ether oxygens (including phenoxy) is 1. The van der Waals surface area contributed by atoms with Gasteiger partial charge in [-0.25, -0.2) is 0 Å². The minimum atomic E-state index is 0.110. The lowest BCUT2D eigenvalue weighted by molar-refractivity contribution is 0.240. The van der Waals surface area contributed by atoms with Crippen molar-refractivity contribution < 1.29 is 4.74 Å². The number of benzene rings is 2. The fraction of sp³-hybridized carbons (Fsp3) is 0.455.